The molecule has 0 aliphatic rings. The standard InChI is InChI=1S/C20H22FN5O/c1-5-20(27)25(15(3)19-13-24(4)23-14(19)2)12-18-10-11-22-26(18)17-8-6-16(21)7-9-17/h5-11,13,15H,1,12H2,2-4H3. The Labute approximate surface area is 157 Å². The molecule has 0 aliphatic heterocycles. The average molecular weight is 367 g/mol. The van der Waals surface area contributed by atoms with Gasteiger partial charge in [-0.15, -0.1) is 0 Å². The lowest BCUT2D eigenvalue weighted by Crippen LogP contribution is -2.32. The molecule has 1 atom stereocenters. The molecule has 2 heterocycles. The second-order valence-corrected chi connectivity index (χ2v) is 6.40. The summed E-state index contributed by atoms with van der Waals surface area (Å²) in [5.74, 6) is -0.491. The van der Waals surface area contributed by atoms with E-state index in [1.165, 1.54) is 18.2 Å². The van der Waals surface area contributed by atoms with E-state index in [-0.39, 0.29) is 17.8 Å². The summed E-state index contributed by atoms with van der Waals surface area (Å²) in [5, 5.41) is 8.69. The average Bonchev–Trinajstić information content (AvgIpc) is 3.25. The summed E-state index contributed by atoms with van der Waals surface area (Å²) in [6.07, 6.45) is 4.89. The molecule has 1 aromatic carbocycles. The van der Waals surface area contributed by atoms with E-state index in [2.05, 4.69) is 16.8 Å². The molecule has 1 amide bonds. The highest BCUT2D eigenvalue weighted by molar-refractivity contribution is 5.87. The number of carbonyl (C=O) groups is 1. The Hall–Kier alpha value is -3.22. The number of rotatable bonds is 6. The SMILES string of the molecule is C=CC(=O)N(Cc1ccnn1-c1ccc(F)cc1)C(C)c1cn(C)nc1C. The summed E-state index contributed by atoms with van der Waals surface area (Å²) in [7, 11) is 1.85. The van der Waals surface area contributed by atoms with Gasteiger partial charge in [-0.3, -0.25) is 9.48 Å². The van der Waals surface area contributed by atoms with Gasteiger partial charge in [-0.1, -0.05) is 6.58 Å². The van der Waals surface area contributed by atoms with Crippen molar-refractivity contribution in [3.05, 3.63) is 78.1 Å². The van der Waals surface area contributed by atoms with Gasteiger partial charge in [-0.2, -0.15) is 10.2 Å². The lowest BCUT2D eigenvalue weighted by atomic mass is 10.1. The fourth-order valence-corrected chi connectivity index (χ4v) is 3.16. The zero-order valence-electron chi connectivity index (χ0n) is 15.6. The molecule has 0 spiro atoms. The maximum absolute atomic E-state index is 13.2. The summed E-state index contributed by atoms with van der Waals surface area (Å²) in [6.45, 7) is 7.84. The summed E-state index contributed by atoms with van der Waals surface area (Å²) in [4.78, 5) is 14.3. The van der Waals surface area contributed by atoms with Crippen LogP contribution in [0.25, 0.3) is 5.69 Å². The van der Waals surface area contributed by atoms with E-state index in [9.17, 15) is 9.18 Å². The van der Waals surface area contributed by atoms with Crippen LogP contribution < -0.4 is 0 Å². The van der Waals surface area contributed by atoms with Gasteiger partial charge in [-0.25, -0.2) is 9.07 Å². The number of amides is 1. The van der Waals surface area contributed by atoms with Crippen LogP contribution in [0.5, 0.6) is 0 Å². The number of aryl methyl sites for hydroxylation is 2. The highest BCUT2D eigenvalue weighted by Gasteiger charge is 2.24. The monoisotopic (exact) mass is 367 g/mol. The van der Waals surface area contributed by atoms with Crippen LogP contribution in [-0.4, -0.2) is 30.4 Å². The Bertz CT molecular complexity index is 957. The first-order valence-electron chi connectivity index (χ1n) is 8.62. The highest BCUT2D eigenvalue weighted by Crippen LogP contribution is 2.25. The fourth-order valence-electron chi connectivity index (χ4n) is 3.16. The Kier molecular flexibility index (Phi) is 5.21. The third kappa shape index (κ3) is 3.81. The maximum Gasteiger partial charge on any atom is 0.246 e. The minimum atomic E-state index is -0.309. The summed E-state index contributed by atoms with van der Waals surface area (Å²) < 4.78 is 16.7. The number of nitrogens with zero attached hydrogens (tertiary/aromatic N) is 5. The van der Waals surface area contributed by atoms with E-state index < -0.39 is 0 Å². The van der Waals surface area contributed by atoms with Gasteiger partial charge in [0, 0.05) is 25.0 Å². The van der Waals surface area contributed by atoms with Crippen LogP contribution in [-0.2, 0) is 18.4 Å². The van der Waals surface area contributed by atoms with E-state index in [1.54, 1.807) is 32.6 Å². The molecule has 3 rings (SSSR count). The van der Waals surface area contributed by atoms with Gasteiger partial charge in [0.25, 0.3) is 0 Å². The molecular weight excluding hydrogens is 345 g/mol. The van der Waals surface area contributed by atoms with E-state index in [1.807, 2.05) is 33.2 Å². The Morgan fingerprint density at radius 3 is 2.63 bits per heavy atom. The summed E-state index contributed by atoms with van der Waals surface area (Å²) in [6, 6.07) is 7.72. The van der Waals surface area contributed by atoms with Crippen molar-refractivity contribution in [2.24, 2.45) is 7.05 Å². The van der Waals surface area contributed by atoms with Gasteiger partial charge < -0.3 is 4.90 Å². The van der Waals surface area contributed by atoms with E-state index >= 15 is 0 Å². The molecule has 1 unspecified atom stereocenters. The summed E-state index contributed by atoms with van der Waals surface area (Å²) >= 11 is 0. The van der Waals surface area contributed by atoms with Gasteiger partial charge in [0.05, 0.1) is 29.7 Å². The van der Waals surface area contributed by atoms with Crippen molar-refractivity contribution in [3.8, 4) is 5.69 Å². The fraction of sp³-hybridized carbons (Fsp3) is 0.250. The summed E-state index contributed by atoms with van der Waals surface area (Å²) in [5.41, 5.74) is 3.39. The molecule has 140 valence electrons. The van der Waals surface area contributed by atoms with Crippen LogP contribution in [0.15, 0.2) is 55.4 Å². The van der Waals surface area contributed by atoms with Crippen molar-refractivity contribution >= 4 is 5.91 Å². The second kappa shape index (κ2) is 7.57. The van der Waals surface area contributed by atoms with Crippen molar-refractivity contribution in [2.45, 2.75) is 26.4 Å². The van der Waals surface area contributed by atoms with E-state index in [0.717, 1.165) is 22.6 Å². The lowest BCUT2D eigenvalue weighted by Gasteiger charge is -2.28. The zero-order valence-corrected chi connectivity index (χ0v) is 15.6. The van der Waals surface area contributed by atoms with Crippen LogP contribution in [0, 0.1) is 12.7 Å². The van der Waals surface area contributed by atoms with Crippen LogP contribution in [0.4, 0.5) is 4.39 Å². The highest BCUT2D eigenvalue weighted by atomic mass is 19.1. The largest absolute Gasteiger partial charge is 0.326 e. The quantitative estimate of drug-likeness (QED) is 0.628. The van der Waals surface area contributed by atoms with E-state index in [4.69, 9.17) is 0 Å². The van der Waals surface area contributed by atoms with Crippen molar-refractivity contribution in [1.82, 2.24) is 24.5 Å². The predicted molar refractivity (Wildman–Crippen MR) is 101 cm³/mol. The van der Waals surface area contributed by atoms with Gasteiger partial charge in [0.15, 0.2) is 0 Å². The van der Waals surface area contributed by atoms with E-state index in [0.29, 0.717) is 6.54 Å². The molecule has 0 bridgehead atoms. The second-order valence-electron chi connectivity index (χ2n) is 6.40. The van der Waals surface area contributed by atoms with Crippen molar-refractivity contribution in [2.75, 3.05) is 0 Å². The molecule has 7 heteroatoms. The number of aromatic nitrogens is 4. The number of carbonyl (C=O) groups excluding carboxylic acids is 1. The lowest BCUT2D eigenvalue weighted by molar-refractivity contribution is -0.128. The maximum atomic E-state index is 13.2. The smallest absolute Gasteiger partial charge is 0.246 e. The van der Waals surface area contributed by atoms with Crippen molar-refractivity contribution < 1.29 is 9.18 Å². The topological polar surface area (TPSA) is 56.0 Å². The first-order chi connectivity index (χ1) is 12.9. The number of hydrogen-bond acceptors (Lipinski definition) is 3. The van der Waals surface area contributed by atoms with Gasteiger partial charge in [0.1, 0.15) is 5.82 Å². The Balaban J connectivity index is 1.93. The number of halogens is 1. The first-order valence-corrected chi connectivity index (χ1v) is 8.62. The minimum absolute atomic E-state index is 0.183. The third-order valence-corrected chi connectivity index (χ3v) is 4.55. The molecular formula is C20H22FN5O. The van der Waals surface area contributed by atoms with Gasteiger partial charge >= 0.3 is 0 Å². The minimum Gasteiger partial charge on any atom is -0.326 e. The molecule has 0 saturated heterocycles. The predicted octanol–water partition coefficient (Wildman–Crippen LogP) is 3.33. The molecule has 0 aliphatic carbocycles. The molecule has 6 nitrogen and oxygen atoms in total. The third-order valence-electron chi connectivity index (χ3n) is 4.55. The number of hydrogen-bond donors (Lipinski definition) is 0. The zero-order chi connectivity index (χ0) is 19.6. The van der Waals surface area contributed by atoms with Crippen molar-refractivity contribution in [3.63, 3.8) is 0 Å². The van der Waals surface area contributed by atoms with Crippen LogP contribution in [0.1, 0.15) is 29.9 Å². The normalized spacial score (nSPS) is 12.0. The van der Waals surface area contributed by atoms with Crippen LogP contribution in [0.3, 0.4) is 0 Å². The first kappa shape index (κ1) is 18.6. The molecule has 0 N–H and O–H groups in total. The van der Waals surface area contributed by atoms with Gasteiger partial charge in [0.2, 0.25) is 5.91 Å². The van der Waals surface area contributed by atoms with Gasteiger partial charge in [-0.05, 0) is 50.3 Å². The molecule has 3 aromatic rings. The Morgan fingerprint density at radius 2 is 2.04 bits per heavy atom. The number of benzene rings is 1. The van der Waals surface area contributed by atoms with Crippen molar-refractivity contribution in [1.29, 1.82) is 0 Å². The molecule has 0 fully saturated rings. The Morgan fingerprint density at radius 1 is 1.33 bits per heavy atom. The molecule has 0 radical (unpaired) electrons. The van der Waals surface area contributed by atoms with Crippen LogP contribution >= 0.6 is 0 Å². The molecule has 2 aromatic heterocycles. The molecule has 0 saturated carbocycles. The van der Waals surface area contributed by atoms with Crippen LogP contribution in [0.2, 0.25) is 0 Å². The molecule has 27 heavy (non-hydrogen) atoms.